The van der Waals surface area contributed by atoms with Crippen molar-refractivity contribution in [3.63, 3.8) is 0 Å². The van der Waals surface area contributed by atoms with Crippen LogP contribution >= 0.6 is 0 Å². The van der Waals surface area contributed by atoms with E-state index in [0.29, 0.717) is 11.6 Å². The summed E-state index contributed by atoms with van der Waals surface area (Å²) >= 11 is 0. The first-order chi connectivity index (χ1) is 9.93. The molecule has 3 rings (SSSR count). The Hall–Kier alpha value is -1.81. The van der Waals surface area contributed by atoms with Gasteiger partial charge in [0.05, 0.1) is 12.7 Å². The molecule has 0 radical (unpaired) electrons. The van der Waals surface area contributed by atoms with E-state index in [9.17, 15) is 4.79 Å². The highest BCUT2D eigenvalue weighted by molar-refractivity contribution is 6.06. The van der Waals surface area contributed by atoms with E-state index >= 15 is 0 Å². The largest absolute Gasteiger partial charge is 0.465 e. The predicted molar refractivity (Wildman–Crippen MR) is 83.4 cm³/mol. The van der Waals surface area contributed by atoms with Crippen LogP contribution in [0.15, 0.2) is 12.1 Å². The molecule has 0 fully saturated rings. The predicted octanol–water partition coefficient (Wildman–Crippen LogP) is 3.00. The quantitative estimate of drug-likeness (QED) is 0.796. The molecule has 1 aromatic carbocycles. The summed E-state index contributed by atoms with van der Waals surface area (Å²) in [5.74, 6) is -0.253. The van der Waals surface area contributed by atoms with Gasteiger partial charge in [-0.05, 0) is 44.0 Å². The molecule has 2 heterocycles. The fraction of sp³-hybridized carbons (Fsp3) is 0.471. The number of hydrogen-bond donors (Lipinski definition) is 0. The van der Waals surface area contributed by atoms with E-state index in [0.717, 1.165) is 29.7 Å². The van der Waals surface area contributed by atoms with Gasteiger partial charge in [-0.2, -0.15) is 0 Å². The average Bonchev–Trinajstić information content (AvgIpc) is 2.97. The second-order valence-corrected chi connectivity index (χ2v) is 6.15. The smallest absolute Gasteiger partial charge is 0.340 e. The minimum atomic E-state index is -0.253. The van der Waals surface area contributed by atoms with E-state index in [1.54, 1.807) is 0 Å². The third-order valence-electron chi connectivity index (χ3n) is 4.68. The molecule has 0 amide bonds. The highest BCUT2D eigenvalue weighted by Gasteiger charge is 2.25. The SMILES string of the molecule is COC(=O)c1c(C)n(C)c2cc3c(cc12)CN(C(C)C)C3. The maximum Gasteiger partial charge on any atom is 0.340 e. The molecule has 0 saturated heterocycles. The van der Waals surface area contributed by atoms with Crippen LogP contribution in [0.1, 0.15) is 41.0 Å². The number of fused-ring (bicyclic) bond motifs is 2. The summed E-state index contributed by atoms with van der Waals surface area (Å²) in [6.45, 7) is 8.35. The summed E-state index contributed by atoms with van der Waals surface area (Å²) in [6.07, 6.45) is 0. The minimum Gasteiger partial charge on any atom is -0.465 e. The van der Waals surface area contributed by atoms with Crippen LogP contribution in [0.2, 0.25) is 0 Å². The van der Waals surface area contributed by atoms with Crippen molar-refractivity contribution >= 4 is 16.9 Å². The van der Waals surface area contributed by atoms with Gasteiger partial charge >= 0.3 is 5.97 Å². The highest BCUT2D eigenvalue weighted by Crippen LogP contribution is 2.33. The molecule has 4 nitrogen and oxygen atoms in total. The lowest BCUT2D eigenvalue weighted by molar-refractivity contribution is 0.0602. The standard InChI is InChI=1S/C17H22N2O2/c1-10(2)19-8-12-6-14-15(7-13(12)9-19)18(4)11(3)16(14)17(20)21-5/h6-7,10H,8-9H2,1-5H3. The van der Waals surface area contributed by atoms with E-state index in [1.807, 2.05) is 14.0 Å². The van der Waals surface area contributed by atoms with Crippen molar-refractivity contribution < 1.29 is 9.53 Å². The fourth-order valence-electron chi connectivity index (χ4n) is 3.21. The number of aryl methyl sites for hydroxylation is 1. The zero-order valence-corrected chi connectivity index (χ0v) is 13.4. The molecule has 1 aliphatic heterocycles. The molecule has 0 saturated carbocycles. The Morgan fingerprint density at radius 2 is 1.86 bits per heavy atom. The van der Waals surface area contributed by atoms with Crippen molar-refractivity contribution in [1.82, 2.24) is 9.47 Å². The van der Waals surface area contributed by atoms with Crippen LogP contribution in [0, 0.1) is 6.92 Å². The van der Waals surface area contributed by atoms with Crippen molar-refractivity contribution in [2.75, 3.05) is 7.11 Å². The van der Waals surface area contributed by atoms with Gasteiger partial charge in [-0.15, -0.1) is 0 Å². The van der Waals surface area contributed by atoms with Gasteiger partial charge in [0, 0.05) is 42.8 Å². The van der Waals surface area contributed by atoms with Gasteiger partial charge in [0.1, 0.15) is 0 Å². The molecule has 0 aliphatic carbocycles. The van der Waals surface area contributed by atoms with E-state index in [1.165, 1.54) is 18.2 Å². The zero-order valence-electron chi connectivity index (χ0n) is 13.4. The van der Waals surface area contributed by atoms with Crippen LogP contribution in [-0.2, 0) is 24.9 Å². The fourth-order valence-corrected chi connectivity index (χ4v) is 3.21. The molecule has 0 unspecified atom stereocenters. The number of rotatable bonds is 2. The van der Waals surface area contributed by atoms with Crippen LogP contribution < -0.4 is 0 Å². The van der Waals surface area contributed by atoms with Crippen LogP contribution in [-0.4, -0.2) is 28.6 Å². The monoisotopic (exact) mass is 286 g/mol. The maximum absolute atomic E-state index is 12.1. The molecule has 4 heteroatoms. The highest BCUT2D eigenvalue weighted by atomic mass is 16.5. The Labute approximate surface area is 125 Å². The van der Waals surface area contributed by atoms with Gasteiger partial charge in [0.2, 0.25) is 0 Å². The molecule has 0 atom stereocenters. The Morgan fingerprint density at radius 3 is 2.43 bits per heavy atom. The van der Waals surface area contributed by atoms with E-state index in [2.05, 4.69) is 35.4 Å². The number of aromatic nitrogens is 1. The van der Waals surface area contributed by atoms with Crippen molar-refractivity contribution in [3.05, 3.63) is 34.5 Å². The number of nitrogens with zero attached hydrogens (tertiary/aromatic N) is 2. The number of carbonyl (C=O) groups is 1. The third kappa shape index (κ3) is 2.05. The van der Waals surface area contributed by atoms with Gasteiger partial charge in [-0.25, -0.2) is 4.79 Å². The second-order valence-electron chi connectivity index (χ2n) is 6.15. The number of benzene rings is 1. The summed E-state index contributed by atoms with van der Waals surface area (Å²) in [7, 11) is 3.44. The minimum absolute atomic E-state index is 0.253. The Kier molecular flexibility index (Phi) is 3.29. The van der Waals surface area contributed by atoms with E-state index < -0.39 is 0 Å². The molecule has 0 N–H and O–H groups in total. The first kappa shape index (κ1) is 14.1. The summed E-state index contributed by atoms with van der Waals surface area (Å²) in [5, 5.41) is 1.01. The van der Waals surface area contributed by atoms with E-state index in [4.69, 9.17) is 4.74 Å². The van der Waals surface area contributed by atoms with Crippen molar-refractivity contribution in [1.29, 1.82) is 0 Å². The Balaban J connectivity index is 2.19. The lowest BCUT2D eigenvalue weighted by atomic mass is 10.0. The molecule has 2 aromatic rings. The summed E-state index contributed by atoms with van der Waals surface area (Å²) < 4.78 is 7.04. The number of methoxy groups -OCH3 is 1. The molecule has 21 heavy (non-hydrogen) atoms. The van der Waals surface area contributed by atoms with Crippen LogP contribution in [0.25, 0.3) is 10.9 Å². The summed E-state index contributed by atoms with van der Waals surface area (Å²) in [4.78, 5) is 14.5. The van der Waals surface area contributed by atoms with Gasteiger partial charge in [-0.1, -0.05) is 0 Å². The number of esters is 1. The maximum atomic E-state index is 12.1. The van der Waals surface area contributed by atoms with Crippen LogP contribution in [0.3, 0.4) is 0 Å². The molecule has 1 aromatic heterocycles. The normalized spacial score (nSPS) is 15.0. The number of hydrogen-bond acceptors (Lipinski definition) is 3. The van der Waals surface area contributed by atoms with Crippen LogP contribution in [0.5, 0.6) is 0 Å². The molecule has 1 aliphatic rings. The lowest BCUT2D eigenvalue weighted by Crippen LogP contribution is -2.24. The summed E-state index contributed by atoms with van der Waals surface area (Å²) in [6, 6.07) is 4.93. The van der Waals surface area contributed by atoms with Crippen molar-refractivity contribution in [3.8, 4) is 0 Å². The summed E-state index contributed by atoms with van der Waals surface area (Å²) in [5.41, 5.74) is 5.46. The number of carbonyl (C=O) groups excluding carboxylic acids is 1. The van der Waals surface area contributed by atoms with Gasteiger partial charge in [0.15, 0.2) is 0 Å². The molecular formula is C17H22N2O2. The van der Waals surface area contributed by atoms with Crippen LogP contribution in [0.4, 0.5) is 0 Å². The average molecular weight is 286 g/mol. The molecule has 0 spiro atoms. The molecule has 112 valence electrons. The zero-order chi connectivity index (χ0) is 15.3. The van der Waals surface area contributed by atoms with Gasteiger partial charge in [-0.3, -0.25) is 4.90 Å². The molecule has 0 bridgehead atoms. The van der Waals surface area contributed by atoms with Gasteiger partial charge in [0.25, 0.3) is 0 Å². The first-order valence-corrected chi connectivity index (χ1v) is 7.37. The Morgan fingerprint density at radius 1 is 1.24 bits per heavy atom. The van der Waals surface area contributed by atoms with E-state index in [-0.39, 0.29) is 5.97 Å². The number of ether oxygens (including phenoxy) is 1. The molecular weight excluding hydrogens is 264 g/mol. The lowest BCUT2D eigenvalue weighted by Gasteiger charge is -2.18. The van der Waals surface area contributed by atoms with Crippen molar-refractivity contribution in [2.24, 2.45) is 7.05 Å². The first-order valence-electron chi connectivity index (χ1n) is 7.37. The topological polar surface area (TPSA) is 34.5 Å². The van der Waals surface area contributed by atoms with Crippen molar-refractivity contribution in [2.45, 2.75) is 39.9 Å². The second kappa shape index (κ2) is 4.88. The third-order valence-corrected chi connectivity index (χ3v) is 4.68. The Bertz CT molecular complexity index is 728. The van der Waals surface area contributed by atoms with Gasteiger partial charge < -0.3 is 9.30 Å².